The summed E-state index contributed by atoms with van der Waals surface area (Å²) in [5.74, 6) is 0.400. The van der Waals surface area contributed by atoms with Crippen LogP contribution in [-0.4, -0.2) is 41.5 Å². The van der Waals surface area contributed by atoms with Crippen LogP contribution in [-0.2, 0) is 13.0 Å². The highest BCUT2D eigenvalue weighted by Crippen LogP contribution is 2.25. The smallest absolute Gasteiger partial charge is 0.257 e. The number of ether oxygens (including phenoxy) is 1. The summed E-state index contributed by atoms with van der Waals surface area (Å²) in [4.78, 5) is 41.2. The van der Waals surface area contributed by atoms with Gasteiger partial charge in [-0.05, 0) is 50.1 Å². The maximum atomic E-state index is 13.3. The van der Waals surface area contributed by atoms with Crippen LogP contribution in [0.15, 0.2) is 51.9 Å². The fourth-order valence-electron chi connectivity index (χ4n) is 4.39. The van der Waals surface area contributed by atoms with Crippen molar-refractivity contribution in [3.63, 3.8) is 0 Å². The van der Waals surface area contributed by atoms with Gasteiger partial charge in [0.25, 0.3) is 17.4 Å². The van der Waals surface area contributed by atoms with E-state index in [1.807, 2.05) is 39.0 Å². The number of amides is 2. The number of methoxy groups -OCH3 is 1. The summed E-state index contributed by atoms with van der Waals surface area (Å²) in [5.41, 5.74) is 3.26. The zero-order valence-electron chi connectivity index (χ0n) is 19.9. The number of fused-ring (bicyclic) bond motifs is 1. The lowest BCUT2D eigenvalue weighted by molar-refractivity contribution is 0.0758. The van der Waals surface area contributed by atoms with Crippen molar-refractivity contribution in [2.45, 2.75) is 39.8 Å². The lowest BCUT2D eigenvalue weighted by atomic mass is 10.0. The molecular weight excluding hydrogens is 434 g/mol. The Bertz CT molecular complexity index is 1280. The summed E-state index contributed by atoms with van der Waals surface area (Å²) in [7, 11) is 1.44. The Balaban J connectivity index is 1.65. The molecule has 1 unspecified atom stereocenters. The molecule has 1 aliphatic rings. The monoisotopic (exact) mass is 463 g/mol. The Hall–Kier alpha value is -3.81. The van der Waals surface area contributed by atoms with Crippen LogP contribution in [0.4, 0.5) is 0 Å². The molecular formula is C26H29N3O5. The van der Waals surface area contributed by atoms with Gasteiger partial charge in [0, 0.05) is 43.4 Å². The Labute approximate surface area is 198 Å². The molecule has 0 saturated heterocycles. The number of furan rings is 1. The number of pyridine rings is 1. The summed E-state index contributed by atoms with van der Waals surface area (Å²) in [6.45, 7) is 6.78. The standard InChI is InChI=1S/C26H29N3O5/c1-16-7-5-8-19(17(16)2)26(32)28-11-10-20-24(22(33-4)15-23(30)29(20)13-12-28)25(31)27-18(3)21-9-6-14-34-21/h5-9,14-15,18H,10-13H2,1-4H3,(H,27,31). The first-order valence-electron chi connectivity index (χ1n) is 11.3. The third kappa shape index (κ3) is 4.35. The van der Waals surface area contributed by atoms with Gasteiger partial charge < -0.3 is 23.9 Å². The van der Waals surface area contributed by atoms with Gasteiger partial charge >= 0.3 is 0 Å². The third-order valence-electron chi connectivity index (χ3n) is 6.48. The van der Waals surface area contributed by atoms with E-state index in [1.165, 1.54) is 13.2 Å². The number of nitrogens with one attached hydrogen (secondary N) is 1. The van der Waals surface area contributed by atoms with Crippen LogP contribution in [0.2, 0.25) is 0 Å². The van der Waals surface area contributed by atoms with Crippen molar-refractivity contribution in [2.24, 2.45) is 0 Å². The Morgan fingerprint density at radius 2 is 1.91 bits per heavy atom. The molecule has 2 aromatic heterocycles. The maximum Gasteiger partial charge on any atom is 0.257 e. The van der Waals surface area contributed by atoms with Crippen molar-refractivity contribution in [2.75, 3.05) is 20.2 Å². The largest absolute Gasteiger partial charge is 0.496 e. The molecule has 0 spiro atoms. The number of aryl methyl sites for hydroxylation is 1. The van der Waals surface area contributed by atoms with Crippen LogP contribution < -0.4 is 15.6 Å². The molecule has 0 bridgehead atoms. The van der Waals surface area contributed by atoms with E-state index in [-0.39, 0.29) is 29.2 Å². The van der Waals surface area contributed by atoms with Gasteiger partial charge in [-0.1, -0.05) is 12.1 Å². The van der Waals surface area contributed by atoms with Crippen molar-refractivity contribution in [3.8, 4) is 5.75 Å². The van der Waals surface area contributed by atoms with E-state index in [0.717, 1.165) is 11.1 Å². The maximum absolute atomic E-state index is 13.3. The first-order chi connectivity index (χ1) is 16.3. The van der Waals surface area contributed by atoms with Crippen molar-refractivity contribution in [1.82, 2.24) is 14.8 Å². The normalized spacial score (nSPS) is 14.2. The molecule has 8 heteroatoms. The quantitative estimate of drug-likeness (QED) is 0.627. The molecule has 3 heterocycles. The molecule has 0 aliphatic carbocycles. The van der Waals surface area contributed by atoms with Gasteiger partial charge in [0.1, 0.15) is 17.1 Å². The summed E-state index contributed by atoms with van der Waals surface area (Å²) in [6, 6.07) is 10.2. The minimum atomic E-state index is -0.368. The second-order valence-electron chi connectivity index (χ2n) is 8.52. The number of carbonyl (C=O) groups is 2. The fourth-order valence-corrected chi connectivity index (χ4v) is 4.39. The van der Waals surface area contributed by atoms with E-state index in [9.17, 15) is 14.4 Å². The number of benzene rings is 1. The van der Waals surface area contributed by atoms with Crippen LogP contribution in [0.1, 0.15) is 56.3 Å². The minimum Gasteiger partial charge on any atom is -0.496 e. The number of rotatable bonds is 5. The fraction of sp³-hybridized carbons (Fsp3) is 0.346. The van der Waals surface area contributed by atoms with Crippen molar-refractivity contribution in [1.29, 1.82) is 0 Å². The van der Waals surface area contributed by atoms with E-state index in [2.05, 4.69) is 5.32 Å². The molecule has 0 radical (unpaired) electrons. The van der Waals surface area contributed by atoms with Gasteiger partial charge in [0.05, 0.1) is 19.4 Å². The van der Waals surface area contributed by atoms with E-state index in [1.54, 1.807) is 27.9 Å². The molecule has 4 rings (SSSR count). The van der Waals surface area contributed by atoms with Crippen LogP contribution in [0.25, 0.3) is 0 Å². The molecule has 3 aromatic rings. The number of hydrogen-bond acceptors (Lipinski definition) is 5. The van der Waals surface area contributed by atoms with Gasteiger partial charge in [-0.25, -0.2) is 0 Å². The van der Waals surface area contributed by atoms with Gasteiger partial charge in [-0.3, -0.25) is 14.4 Å². The lowest BCUT2D eigenvalue weighted by Gasteiger charge is -2.21. The minimum absolute atomic E-state index is 0.0773. The highest BCUT2D eigenvalue weighted by atomic mass is 16.5. The summed E-state index contributed by atoms with van der Waals surface area (Å²) < 4.78 is 12.4. The Morgan fingerprint density at radius 3 is 2.62 bits per heavy atom. The Kier molecular flexibility index (Phi) is 6.58. The summed E-state index contributed by atoms with van der Waals surface area (Å²) in [5, 5.41) is 2.93. The van der Waals surface area contributed by atoms with Gasteiger partial charge in [0.15, 0.2) is 0 Å². The molecule has 1 N–H and O–H groups in total. The van der Waals surface area contributed by atoms with E-state index in [0.29, 0.717) is 48.6 Å². The first-order valence-corrected chi connectivity index (χ1v) is 11.3. The molecule has 1 atom stereocenters. The molecule has 8 nitrogen and oxygen atoms in total. The van der Waals surface area contributed by atoms with Crippen molar-refractivity contribution in [3.05, 3.63) is 86.7 Å². The summed E-state index contributed by atoms with van der Waals surface area (Å²) in [6.07, 6.45) is 1.90. The number of carbonyl (C=O) groups excluding carboxylic acids is 2. The highest BCUT2D eigenvalue weighted by Gasteiger charge is 2.28. The Morgan fingerprint density at radius 1 is 1.12 bits per heavy atom. The summed E-state index contributed by atoms with van der Waals surface area (Å²) >= 11 is 0. The van der Waals surface area contributed by atoms with E-state index in [4.69, 9.17) is 9.15 Å². The van der Waals surface area contributed by atoms with Gasteiger partial charge in [-0.2, -0.15) is 0 Å². The van der Waals surface area contributed by atoms with E-state index < -0.39 is 0 Å². The zero-order valence-corrected chi connectivity index (χ0v) is 19.9. The molecule has 0 saturated carbocycles. The molecule has 34 heavy (non-hydrogen) atoms. The van der Waals surface area contributed by atoms with Crippen molar-refractivity contribution < 1.29 is 18.7 Å². The number of aromatic nitrogens is 1. The topological polar surface area (TPSA) is 93.8 Å². The number of nitrogens with zero attached hydrogens (tertiary/aromatic N) is 2. The predicted molar refractivity (Wildman–Crippen MR) is 127 cm³/mol. The first kappa shape index (κ1) is 23.4. The molecule has 1 aliphatic heterocycles. The van der Waals surface area contributed by atoms with E-state index >= 15 is 0 Å². The molecule has 0 fully saturated rings. The zero-order chi connectivity index (χ0) is 24.4. The van der Waals surface area contributed by atoms with Crippen LogP contribution in [0, 0.1) is 13.8 Å². The lowest BCUT2D eigenvalue weighted by Crippen LogP contribution is -2.34. The number of hydrogen-bond donors (Lipinski definition) is 1. The van der Waals surface area contributed by atoms with Crippen LogP contribution in [0.3, 0.4) is 0 Å². The second-order valence-corrected chi connectivity index (χ2v) is 8.52. The molecule has 178 valence electrons. The second kappa shape index (κ2) is 9.59. The predicted octanol–water partition coefficient (Wildman–Crippen LogP) is 3.26. The van der Waals surface area contributed by atoms with Gasteiger partial charge in [-0.15, -0.1) is 0 Å². The highest BCUT2D eigenvalue weighted by molar-refractivity contribution is 5.98. The van der Waals surface area contributed by atoms with Crippen molar-refractivity contribution >= 4 is 11.8 Å². The average Bonchev–Trinajstić information content (AvgIpc) is 3.27. The van der Waals surface area contributed by atoms with Crippen LogP contribution >= 0.6 is 0 Å². The third-order valence-corrected chi connectivity index (χ3v) is 6.48. The van der Waals surface area contributed by atoms with Gasteiger partial charge in [0.2, 0.25) is 0 Å². The van der Waals surface area contributed by atoms with Crippen LogP contribution in [0.5, 0.6) is 5.75 Å². The average molecular weight is 464 g/mol. The molecule has 2 amide bonds. The SMILES string of the molecule is COc1cc(=O)n2c(c1C(=O)NC(C)c1ccco1)CCN(C(=O)c1cccc(C)c1C)CC2. The molecule has 1 aromatic carbocycles.